The van der Waals surface area contributed by atoms with Crippen LogP contribution in [0, 0.1) is 18.8 Å². The van der Waals surface area contributed by atoms with E-state index in [-0.39, 0.29) is 30.1 Å². The van der Waals surface area contributed by atoms with Crippen molar-refractivity contribution in [2.24, 2.45) is 11.8 Å². The Hall–Kier alpha value is -2.22. The number of amides is 2. The van der Waals surface area contributed by atoms with Gasteiger partial charge in [0.2, 0.25) is 17.8 Å². The molecular weight excluding hydrogens is 314 g/mol. The SMILES string of the molecule is Cc1ccc(-c2nc(NC(=O)CCNC(=O)C3CC3C)n[nH]2)s1. The molecule has 7 nitrogen and oxygen atoms in total. The smallest absolute Gasteiger partial charge is 0.249 e. The molecule has 122 valence electrons. The van der Waals surface area contributed by atoms with E-state index in [1.807, 2.05) is 26.0 Å². The number of aryl methyl sites for hydroxylation is 1. The average Bonchev–Trinajstić information content (AvgIpc) is 2.88. The van der Waals surface area contributed by atoms with Crippen molar-refractivity contribution >= 4 is 29.1 Å². The first kappa shape index (κ1) is 15.7. The van der Waals surface area contributed by atoms with Gasteiger partial charge >= 0.3 is 0 Å². The van der Waals surface area contributed by atoms with Gasteiger partial charge in [0.15, 0.2) is 5.82 Å². The monoisotopic (exact) mass is 333 g/mol. The van der Waals surface area contributed by atoms with E-state index in [2.05, 4.69) is 25.8 Å². The van der Waals surface area contributed by atoms with Crippen molar-refractivity contribution in [3.8, 4) is 10.7 Å². The Balaban J connectivity index is 1.45. The first-order valence-corrected chi connectivity index (χ1v) is 8.41. The third kappa shape index (κ3) is 3.95. The second-order valence-electron chi connectivity index (χ2n) is 5.83. The molecule has 0 bridgehead atoms. The number of carbonyl (C=O) groups is 2. The summed E-state index contributed by atoms with van der Waals surface area (Å²) < 4.78 is 0. The highest BCUT2D eigenvalue weighted by atomic mass is 32.1. The Bertz CT molecular complexity index is 723. The van der Waals surface area contributed by atoms with Crippen molar-refractivity contribution in [3.05, 3.63) is 17.0 Å². The third-order valence-corrected chi connectivity index (χ3v) is 4.82. The summed E-state index contributed by atoms with van der Waals surface area (Å²) >= 11 is 1.60. The highest BCUT2D eigenvalue weighted by molar-refractivity contribution is 7.15. The van der Waals surface area contributed by atoms with Crippen LogP contribution in [0.4, 0.5) is 5.95 Å². The zero-order valence-electron chi connectivity index (χ0n) is 13.0. The van der Waals surface area contributed by atoms with Crippen molar-refractivity contribution in [2.45, 2.75) is 26.7 Å². The molecule has 3 rings (SSSR count). The fourth-order valence-electron chi connectivity index (χ4n) is 2.29. The molecule has 0 radical (unpaired) electrons. The summed E-state index contributed by atoms with van der Waals surface area (Å²) in [6.45, 7) is 4.39. The van der Waals surface area contributed by atoms with Crippen molar-refractivity contribution < 1.29 is 9.59 Å². The number of nitrogens with zero attached hydrogens (tertiary/aromatic N) is 2. The molecule has 0 saturated heterocycles. The van der Waals surface area contributed by atoms with Gasteiger partial charge in [0.25, 0.3) is 0 Å². The van der Waals surface area contributed by atoms with Crippen LogP contribution in [0.2, 0.25) is 0 Å². The minimum atomic E-state index is -0.220. The number of thiophene rings is 1. The number of hydrogen-bond acceptors (Lipinski definition) is 5. The summed E-state index contributed by atoms with van der Waals surface area (Å²) in [5.74, 6) is 1.30. The largest absolute Gasteiger partial charge is 0.355 e. The van der Waals surface area contributed by atoms with E-state index in [1.54, 1.807) is 11.3 Å². The van der Waals surface area contributed by atoms with Gasteiger partial charge in [-0.3, -0.25) is 20.0 Å². The van der Waals surface area contributed by atoms with Gasteiger partial charge in [-0.25, -0.2) is 0 Å². The first-order valence-electron chi connectivity index (χ1n) is 7.59. The van der Waals surface area contributed by atoms with Crippen molar-refractivity contribution in [2.75, 3.05) is 11.9 Å². The fourth-order valence-corrected chi connectivity index (χ4v) is 3.10. The van der Waals surface area contributed by atoms with Crippen LogP contribution in [0.3, 0.4) is 0 Å². The molecular formula is C15H19N5O2S. The van der Waals surface area contributed by atoms with Crippen LogP contribution in [0.15, 0.2) is 12.1 Å². The third-order valence-electron chi connectivity index (χ3n) is 3.81. The number of aromatic nitrogens is 3. The van der Waals surface area contributed by atoms with E-state index in [0.29, 0.717) is 18.3 Å². The van der Waals surface area contributed by atoms with Crippen LogP contribution in [0.25, 0.3) is 10.7 Å². The summed E-state index contributed by atoms with van der Waals surface area (Å²) in [5, 5.41) is 12.2. The average molecular weight is 333 g/mol. The van der Waals surface area contributed by atoms with Crippen LogP contribution in [-0.2, 0) is 9.59 Å². The molecule has 1 saturated carbocycles. The van der Waals surface area contributed by atoms with Gasteiger partial charge in [-0.05, 0) is 31.4 Å². The molecule has 23 heavy (non-hydrogen) atoms. The minimum Gasteiger partial charge on any atom is -0.355 e. The normalized spacial score (nSPS) is 19.4. The summed E-state index contributed by atoms with van der Waals surface area (Å²) in [4.78, 5) is 29.9. The second-order valence-corrected chi connectivity index (χ2v) is 7.11. The zero-order chi connectivity index (χ0) is 16.4. The Labute approximate surface area is 137 Å². The highest BCUT2D eigenvalue weighted by Gasteiger charge is 2.38. The lowest BCUT2D eigenvalue weighted by molar-refractivity contribution is -0.122. The van der Waals surface area contributed by atoms with Crippen LogP contribution in [0.1, 0.15) is 24.6 Å². The van der Waals surface area contributed by atoms with Crippen LogP contribution in [0.5, 0.6) is 0 Å². The maximum Gasteiger partial charge on any atom is 0.249 e. The van der Waals surface area contributed by atoms with E-state index in [4.69, 9.17) is 0 Å². The number of nitrogens with one attached hydrogen (secondary N) is 3. The second kappa shape index (κ2) is 6.49. The molecule has 1 aliphatic carbocycles. The van der Waals surface area contributed by atoms with Crippen LogP contribution in [-0.4, -0.2) is 33.5 Å². The van der Waals surface area contributed by atoms with Crippen molar-refractivity contribution in [1.29, 1.82) is 0 Å². The summed E-state index contributed by atoms with van der Waals surface area (Å²) in [6, 6.07) is 3.96. The van der Waals surface area contributed by atoms with Crippen molar-refractivity contribution in [1.82, 2.24) is 20.5 Å². The van der Waals surface area contributed by atoms with Crippen LogP contribution < -0.4 is 10.6 Å². The molecule has 1 fully saturated rings. The quantitative estimate of drug-likeness (QED) is 0.752. The number of rotatable bonds is 6. The Morgan fingerprint density at radius 2 is 2.22 bits per heavy atom. The maximum atomic E-state index is 11.8. The molecule has 0 aliphatic heterocycles. The topological polar surface area (TPSA) is 99.8 Å². The number of H-pyrrole nitrogens is 1. The predicted octanol–water partition coefficient (Wildman–Crippen LogP) is 1.94. The molecule has 0 spiro atoms. The molecule has 2 aromatic heterocycles. The predicted molar refractivity (Wildman–Crippen MR) is 88.0 cm³/mol. The van der Waals surface area contributed by atoms with Gasteiger partial charge in [0.1, 0.15) is 0 Å². The number of hydrogen-bond donors (Lipinski definition) is 3. The molecule has 2 atom stereocenters. The molecule has 8 heteroatoms. The fraction of sp³-hybridized carbons (Fsp3) is 0.467. The lowest BCUT2D eigenvalue weighted by Crippen LogP contribution is -2.29. The Morgan fingerprint density at radius 1 is 1.43 bits per heavy atom. The van der Waals surface area contributed by atoms with E-state index in [9.17, 15) is 9.59 Å². The molecule has 2 heterocycles. The minimum absolute atomic E-state index is 0.0403. The molecule has 2 aromatic rings. The molecule has 2 amide bonds. The first-order chi connectivity index (χ1) is 11.0. The van der Waals surface area contributed by atoms with E-state index >= 15 is 0 Å². The van der Waals surface area contributed by atoms with Gasteiger partial charge in [-0.2, -0.15) is 4.98 Å². The van der Waals surface area contributed by atoms with Gasteiger partial charge in [-0.15, -0.1) is 16.4 Å². The summed E-state index contributed by atoms with van der Waals surface area (Å²) in [5.41, 5.74) is 0. The van der Waals surface area contributed by atoms with Crippen molar-refractivity contribution in [3.63, 3.8) is 0 Å². The number of carbonyl (C=O) groups excluding carboxylic acids is 2. The summed E-state index contributed by atoms with van der Waals surface area (Å²) in [6.07, 6.45) is 1.15. The Kier molecular flexibility index (Phi) is 4.42. The zero-order valence-corrected chi connectivity index (χ0v) is 13.9. The van der Waals surface area contributed by atoms with Gasteiger partial charge in [0.05, 0.1) is 4.88 Å². The standard InChI is InChI=1S/C15H19N5O2S/c1-8-7-10(8)14(22)16-6-5-12(21)17-15-18-13(19-20-15)11-4-3-9(2)23-11/h3-4,8,10H,5-7H2,1-2H3,(H,16,22)(H2,17,18,19,20,21). The highest BCUT2D eigenvalue weighted by Crippen LogP contribution is 2.37. The maximum absolute atomic E-state index is 11.8. The molecule has 3 N–H and O–H groups in total. The van der Waals surface area contributed by atoms with Crippen LogP contribution >= 0.6 is 11.3 Å². The number of anilines is 1. The van der Waals surface area contributed by atoms with Gasteiger partial charge in [-0.1, -0.05) is 6.92 Å². The van der Waals surface area contributed by atoms with Gasteiger partial charge in [0, 0.05) is 23.8 Å². The summed E-state index contributed by atoms with van der Waals surface area (Å²) in [7, 11) is 0. The lowest BCUT2D eigenvalue weighted by Gasteiger charge is -2.03. The number of aromatic amines is 1. The Morgan fingerprint density at radius 3 is 2.87 bits per heavy atom. The molecule has 1 aliphatic rings. The molecule has 2 unspecified atom stereocenters. The molecule has 0 aromatic carbocycles. The van der Waals surface area contributed by atoms with Gasteiger partial charge < -0.3 is 5.32 Å². The van der Waals surface area contributed by atoms with E-state index in [0.717, 1.165) is 11.3 Å². The van der Waals surface area contributed by atoms with E-state index in [1.165, 1.54) is 4.88 Å². The van der Waals surface area contributed by atoms with E-state index < -0.39 is 0 Å². The lowest BCUT2D eigenvalue weighted by atomic mass is 10.3.